The molecule has 0 aliphatic heterocycles. The normalized spacial score (nSPS) is 8.08. The van der Waals surface area contributed by atoms with Crippen molar-refractivity contribution in [2.45, 2.75) is 0 Å². The fourth-order valence-corrected chi connectivity index (χ4v) is 1.20. The van der Waals surface area contributed by atoms with Gasteiger partial charge in [0.25, 0.3) is 0 Å². The maximum Gasteiger partial charge on any atom is 0.412 e. The molecule has 1 amide bonds. The molecule has 0 fully saturated rings. The van der Waals surface area contributed by atoms with Gasteiger partial charge in [0.2, 0.25) is 0 Å². The summed E-state index contributed by atoms with van der Waals surface area (Å²) in [5, 5.41) is 3.05. The third-order valence-electron chi connectivity index (χ3n) is 1.68. The molecule has 3 nitrogen and oxygen atoms in total. The second kappa shape index (κ2) is 15.7. The molecule has 0 aromatic heterocycles. The Morgan fingerprint density at radius 1 is 1.17 bits per heavy atom. The molecule has 0 bridgehead atoms. The van der Waals surface area contributed by atoms with Gasteiger partial charge in [0.15, 0.2) is 6.61 Å². The zero-order chi connectivity index (χ0) is 19.0. The summed E-state index contributed by atoms with van der Waals surface area (Å²) in [5.41, 5.74) is 0.572. The minimum atomic E-state index is -2.91. The molecule has 1 rings (SSSR count). The van der Waals surface area contributed by atoms with E-state index in [9.17, 15) is 22.4 Å². The lowest BCUT2D eigenvalue weighted by Gasteiger charge is -2.04. The van der Waals surface area contributed by atoms with Crippen LogP contribution in [0.2, 0.25) is 5.02 Å². The van der Waals surface area contributed by atoms with Gasteiger partial charge in [-0.1, -0.05) is 29.5 Å². The molecular formula is C15H13Cl2F4NO2. The minimum Gasteiger partial charge on any atom is -0.436 e. The molecule has 132 valence electrons. The Hall–Kier alpha value is -2.17. The largest absolute Gasteiger partial charge is 0.436 e. The van der Waals surface area contributed by atoms with Crippen LogP contribution in [-0.2, 0) is 4.74 Å². The van der Waals surface area contributed by atoms with Crippen LogP contribution >= 0.6 is 23.2 Å². The van der Waals surface area contributed by atoms with Gasteiger partial charge in [-0.3, -0.25) is 5.32 Å². The lowest BCUT2D eigenvalue weighted by atomic mass is 10.3. The number of halogens is 6. The number of nitrogens with one attached hydrogen (secondary N) is 1. The van der Waals surface area contributed by atoms with Crippen LogP contribution < -0.4 is 5.32 Å². The molecule has 0 radical (unpaired) electrons. The van der Waals surface area contributed by atoms with E-state index in [0.717, 1.165) is 0 Å². The van der Waals surface area contributed by atoms with Crippen molar-refractivity contribution in [3.63, 3.8) is 0 Å². The summed E-state index contributed by atoms with van der Waals surface area (Å²) in [6.07, 6.45) is -6.39. The molecule has 1 aromatic carbocycles. The highest BCUT2D eigenvalue weighted by Gasteiger charge is 2.01. The molecular weight excluding hydrogens is 373 g/mol. The van der Waals surface area contributed by atoms with Crippen molar-refractivity contribution >= 4 is 35.0 Å². The SMILES string of the molecule is C=C.FC(F)=C(F)F.O=C(Nc1cccc(Cl)c1)OCC#CCCl. The van der Waals surface area contributed by atoms with Crippen LogP contribution in [0.4, 0.5) is 28.0 Å². The highest BCUT2D eigenvalue weighted by Crippen LogP contribution is 2.14. The maximum atomic E-state index is 11.2. The number of rotatable bonds is 2. The monoisotopic (exact) mass is 385 g/mol. The van der Waals surface area contributed by atoms with Crippen molar-refractivity contribution in [1.82, 2.24) is 0 Å². The van der Waals surface area contributed by atoms with E-state index in [1.54, 1.807) is 24.3 Å². The number of alkyl halides is 1. The molecule has 0 saturated heterocycles. The number of anilines is 1. The predicted octanol–water partition coefficient (Wildman–Crippen LogP) is 5.92. The van der Waals surface area contributed by atoms with Gasteiger partial charge in [-0.25, -0.2) is 4.79 Å². The molecule has 0 spiro atoms. The molecule has 1 N–H and O–H groups in total. The Balaban J connectivity index is 0. The van der Waals surface area contributed by atoms with E-state index in [1.165, 1.54) is 0 Å². The van der Waals surface area contributed by atoms with Crippen molar-refractivity contribution in [3.8, 4) is 11.8 Å². The standard InChI is InChI=1S/C11H9Cl2NO2.C2F4.C2H4/c12-6-1-2-7-16-11(15)14-10-5-3-4-9(13)8-10;3-1(4)2(5)6;1-2/h3-5,8H,6-7H2,(H,14,15);;1-2H2. The van der Waals surface area contributed by atoms with Gasteiger partial charge in [0, 0.05) is 10.7 Å². The number of benzene rings is 1. The van der Waals surface area contributed by atoms with E-state index in [1.807, 2.05) is 0 Å². The zero-order valence-electron chi connectivity index (χ0n) is 12.2. The molecule has 0 saturated carbocycles. The summed E-state index contributed by atoms with van der Waals surface area (Å²) < 4.78 is 45.9. The molecule has 0 atom stereocenters. The van der Waals surface area contributed by atoms with Crippen molar-refractivity contribution < 1.29 is 27.1 Å². The second-order valence-corrected chi connectivity index (χ2v) is 3.92. The molecule has 24 heavy (non-hydrogen) atoms. The van der Waals surface area contributed by atoms with Gasteiger partial charge < -0.3 is 4.74 Å². The Morgan fingerprint density at radius 3 is 2.21 bits per heavy atom. The fraction of sp³-hybridized carbons (Fsp3) is 0.133. The van der Waals surface area contributed by atoms with Crippen LogP contribution in [-0.4, -0.2) is 18.6 Å². The van der Waals surface area contributed by atoms with Gasteiger partial charge in [0.1, 0.15) is 0 Å². The third kappa shape index (κ3) is 14.8. The average molecular weight is 386 g/mol. The van der Waals surface area contributed by atoms with Gasteiger partial charge in [0.05, 0.1) is 5.88 Å². The van der Waals surface area contributed by atoms with Crippen LogP contribution in [0.15, 0.2) is 49.6 Å². The predicted molar refractivity (Wildman–Crippen MR) is 87.6 cm³/mol. The molecule has 0 aliphatic carbocycles. The van der Waals surface area contributed by atoms with Crippen molar-refractivity contribution in [2.24, 2.45) is 0 Å². The van der Waals surface area contributed by atoms with Crippen LogP contribution in [0.25, 0.3) is 0 Å². The lowest BCUT2D eigenvalue weighted by molar-refractivity contribution is 0.176. The minimum absolute atomic E-state index is 0.0130. The lowest BCUT2D eigenvalue weighted by Crippen LogP contribution is -2.13. The van der Waals surface area contributed by atoms with E-state index in [0.29, 0.717) is 10.7 Å². The van der Waals surface area contributed by atoms with Gasteiger partial charge in [-0.05, 0) is 18.2 Å². The van der Waals surface area contributed by atoms with Gasteiger partial charge in [-0.2, -0.15) is 17.6 Å². The first-order valence-electron chi connectivity index (χ1n) is 5.94. The molecule has 0 heterocycles. The topological polar surface area (TPSA) is 38.3 Å². The van der Waals surface area contributed by atoms with Gasteiger partial charge >= 0.3 is 18.3 Å². The first kappa shape index (κ1) is 24.1. The number of amides is 1. The Kier molecular flexibility index (Phi) is 15.8. The summed E-state index contributed by atoms with van der Waals surface area (Å²) in [6, 6.07) is 6.76. The van der Waals surface area contributed by atoms with E-state index >= 15 is 0 Å². The van der Waals surface area contributed by atoms with Crippen LogP contribution in [0.5, 0.6) is 0 Å². The number of hydrogen-bond acceptors (Lipinski definition) is 2. The van der Waals surface area contributed by atoms with E-state index < -0.39 is 18.3 Å². The summed E-state index contributed by atoms with van der Waals surface area (Å²) >= 11 is 11.1. The number of hydrogen-bond donors (Lipinski definition) is 1. The Bertz CT molecular complexity index is 583. The Labute approximate surface area is 146 Å². The quantitative estimate of drug-likeness (QED) is 0.296. The highest BCUT2D eigenvalue weighted by molar-refractivity contribution is 6.30. The summed E-state index contributed by atoms with van der Waals surface area (Å²) in [7, 11) is 0. The second-order valence-electron chi connectivity index (χ2n) is 3.22. The van der Waals surface area contributed by atoms with Crippen LogP contribution in [0, 0.1) is 11.8 Å². The molecule has 1 aromatic rings. The third-order valence-corrected chi connectivity index (χ3v) is 2.05. The first-order valence-corrected chi connectivity index (χ1v) is 6.85. The van der Waals surface area contributed by atoms with E-state index in [4.69, 9.17) is 27.9 Å². The number of carbonyl (C=O) groups is 1. The fourth-order valence-electron chi connectivity index (χ4n) is 0.920. The van der Waals surface area contributed by atoms with Crippen molar-refractivity contribution in [1.29, 1.82) is 0 Å². The van der Waals surface area contributed by atoms with Crippen molar-refractivity contribution in [2.75, 3.05) is 17.8 Å². The number of carbonyl (C=O) groups excluding carboxylic acids is 1. The average Bonchev–Trinajstić information content (AvgIpc) is 2.54. The maximum absolute atomic E-state index is 11.2. The molecule has 9 heteroatoms. The molecule has 0 unspecified atom stereocenters. The van der Waals surface area contributed by atoms with E-state index in [-0.39, 0.29) is 12.5 Å². The molecule has 0 aliphatic rings. The van der Waals surface area contributed by atoms with E-state index in [2.05, 4.69) is 30.3 Å². The summed E-state index contributed by atoms with van der Waals surface area (Å²) in [5.74, 6) is 5.36. The highest BCUT2D eigenvalue weighted by atomic mass is 35.5. The van der Waals surface area contributed by atoms with Crippen LogP contribution in [0.1, 0.15) is 0 Å². The Morgan fingerprint density at radius 2 is 1.75 bits per heavy atom. The summed E-state index contributed by atoms with van der Waals surface area (Å²) in [4.78, 5) is 11.2. The zero-order valence-corrected chi connectivity index (χ0v) is 13.7. The first-order chi connectivity index (χ1) is 11.4. The van der Waals surface area contributed by atoms with Gasteiger partial charge in [-0.15, -0.1) is 24.8 Å². The smallest absolute Gasteiger partial charge is 0.412 e. The summed E-state index contributed by atoms with van der Waals surface area (Å²) in [6.45, 7) is 6.01. The van der Waals surface area contributed by atoms with Crippen LogP contribution in [0.3, 0.4) is 0 Å². The number of ether oxygens (including phenoxy) is 1. The van der Waals surface area contributed by atoms with Crippen molar-refractivity contribution in [3.05, 3.63) is 54.6 Å².